The van der Waals surface area contributed by atoms with E-state index in [1.165, 1.54) is 75.1 Å². The maximum Gasteiger partial charge on any atom is 0.0747 e. The highest BCUT2D eigenvalue weighted by atomic mass is 32.1. The minimum atomic E-state index is 0.794. The second kappa shape index (κ2) is 11.5. The average molecular weight is 596 g/mol. The largest absolute Gasteiger partial charge is 0.248 e. The molecular weight excluding hydrogens is 563 g/mol. The van der Waals surface area contributed by atoms with Crippen LogP contribution >= 0.6 is 11.3 Å². The molecule has 0 aliphatic heterocycles. The third kappa shape index (κ3) is 4.74. The van der Waals surface area contributed by atoms with Gasteiger partial charge >= 0.3 is 0 Å². The number of thiophene rings is 1. The fourth-order valence-electron chi connectivity index (χ4n) is 6.87. The van der Waals surface area contributed by atoms with Gasteiger partial charge in [0.25, 0.3) is 0 Å². The minimum Gasteiger partial charge on any atom is -0.248 e. The first-order valence-electron chi connectivity index (χ1n) is 15.8. The number of benzene rings is 6. The monoisotopic (exact) mass is 595 g/mol. The topological polar surface area (TPSA) is 12.4 Å². The molecule has 1 aliphatic rings. The summed E-state index contributed by atoms with van der Waals surface area (Å²) in [5, 5.41) is 8.03. The molecular formula is C43H33NS. The molecule has 1 heterocycles. The second-order valence-electron chi connectivity index (χ2n) is 11.7. The summed E-state index contributed by atoms with van der Waals surface area (Å²) in [5.74, 6) is 0. The van der Waals surface area contributed by atoms with Crippen LogP contribution < -0.4 is 0 Å². The van der Waals surface area contributed by atoms with Gasteiger partial charge in [0, 0.05) is 25.7 Å². The molecule has 7 aromatic rings. The lowest BCUT2D eigenvalue weighted by atomic mass is 9.86. The number of nitrogens with zero attached hydrogens (tertiary/aromatic N) is 1. The smallest absolute Gasteiger partial charge is 0.0747 e. The first kappa shape index (κ1) is 27.5. The Bertz CT molecular complexity index is 2380. The van der Waals surface area contributed by atoms with E-state index >= 15 is 0 Å². The van der Waals surface area contributed by atoms with Crippen LogP contribution in [0.5, 0.6) is 0 Å². The van der Waals surface area contributed by atoms with Crippen molar-refractivity contribution in [1.82, 2.24) is 0 Å². The summed E-state index contributed by atoms with van der Waals surface area (Å²) in [6.45, 7) is 4.38. The van der Waals surface area contributed by atoms with Crippen LogP contribution in [0.4, 0.5) is 5.69 Å². The molecule has 0 saturated carbocycles. The van der Waals surface area contributed by atoms with Gasteiger partial charge in [0.05, 0.1) is 11.4 Å². The van der Waals surface area contributed by atoms with Gasteiger partial charge in [-0.1, -0.05) is 128 Å². The Hall–Kier alpha value is -5.05. The summed E-state index contributed by atoms with van der Waals surface area (Å²) in [6, 6.07) is 39.5. The Morgan fingerprint density at radius 1 is 0.733 bits per heavy atom. The number of para-hydroxylation sites is 1. The van der Waals surface area contributed by atoms with Gasteiger partial charge in [-0.15, -0.1) is 11.3 Å². The molecule has 8 rings (SSSR count). The third-order valence-corrected chi connectivity index (χ3v) is 10.1. The lowest BCUT2D eigenvalue weighted by molar-refractivity contribution is 1.23. The zero-order chi connectivity index (χ0) is 30.3. The molecule has 6 aromatic carbocycles. The Morgan fingerprint density at radius 3 is 2.31 bits per heavy atom. The predicted octanol–water partition coefficient (Wildman–Crippen LogP) is 12.6. The molecule has 0 radical (unpaired) electrons. The lowest BCUT2D eigenvalue weighted by Crippen LogP contribution is -2.07. The van der Waals surface area contributed by atoms with Crippen molar-refractivity contribution < 1.29 is 0 Å². The zero-order valence-corrected chi connectivity index (χ0v) is 26.4. The van der Waals surface area contributed by atoms with Crippen molar-refractivity contribution in [3.63, 3.8) is 0 Å². The average Bonchev–Trinajstić information content (AvgIpc) is 3.29. The molecule has 45 heavy (non-hydrogen) atoms. The van der Waals surface area contributed by atoms with Gasteiger partial charge in [-0.25, -0.2) is 4.99 Å². The number of hydrogen-bond acceptors (Lipinski definition) is 2. The van der Waals surface area contributed by atoms with Gasteiger partial charge in [0.1, 0.15) is 0 Å². The predicted molar refractivity (Wildman–Crippen MR) is 198 cm³/mol. The van der Waals surface area contributed by atoms with Crippen LogP contribution in [0.3, 0.4) is 0 Å². The van der Waals surface area contributed by atoms with E-state index in [1.807, 2.05) is 11.3 Å². The molecule has 0 spiro atoms. The summed E-state index contributed by atoms with van der Waals surface area (Å²) < 4.78 is 2.69. The third-order valence-electron chi connectivity index (χ3n) is 8.98. The standard InChI is InChI=1S/C43H33NS/c1-3-13-36(35-26-27-39-42-40(35)33-20-9-8-19-32(33)34-21-12-23-38(45-39)41(34)42)43(44-37-22-10-7-14-28(37)2)31-18-11-17-30(24-25-31)29-15-5-4-6-16-29/h4-24,26-27H,3,25H2,1-2H3/b36-13-,44-43?. The van der Waals surface area contributed by atoms with E-state index in [4.69, 9.17) is 4.99 Å². The number of aliphatic imine (C=N–C) groups is 1. The summed E-state index contributed by atoms with van der Waals surface area (Å²) >= 11 is 1.90. The van der Waals surface area contributed by atoms with Crippen molar-refractivity contribution in [2.24, 2.45) is 4.99 Å². The van der Waals surface area contributed by atoms with Crippen LogP contribution in [-0.2, 0) is 0 Å². The molecule has 0 fully saturated rings. The molecule has 0 N–H and O–H groups in total. The second-order valence-corrected chi connectivity index (χ2v) is 12.8. The fraction of sp³-hybridized carbons (Fsp3) is 0.0930. The molecule has 1 nitrogen and oxygen atoms in total. The highest BCUT2D eigenvalue weighted by molar-refractivity contribution is 7.26. The van der Waals surface area contributed by atoms with Gasteiger partial charge in [-0.2, -0.15) is 0 Å². The summed E-state index contributed by atoms with van der Waals surface area (Å²) in [6.07, 6.45) is 13.1. The van der Waals surface area contributed by atoms with Crippen LogP contribution in [0.2, 0.25) is 0 Å². The van der Waals surface area contributed by atoms with Crippen LogP contribution in [0, 0.1) is 6.92 Å². The van der Waals surface area contributed by atoms with E-state index in [-0.39, 0.29) is 0 Å². The highest BCUT2D eigenvalue weighted by Gasteiger charge is 2.23. The minimum absolute atomic E-state index is 0.794. The number of hydrogen-bond donors (Lipinski definition) is 0. The Labute approximate surface area is 268 Å². The molecule has 0 atom stereocenters. The normalized spacial score (nSPS) is 14.4. The van der Waals surface area contributed by atoms with E-state index in [0.717, 1.165) is 24.2 Å². The SMILES string of the molecule is CC/C=C(\C(=Nc1ccccc1C)C1=CC=CC(c2ccccc2)=CC1)c1ccc2sc3cccc4c5ccccc5c1c2c34. The highest BCUT2D eigenvalue weighted by Crippen LogP contribution is 2.47. The Kier molecular flexibility index (Phi) is 7.00. The molecule has 1 aromatic heterocycles. The lowest BCUT2D eigenvalue weighted by Gasteiger charge is -2.19. The molecule has 1 aliphatic carbocycles. The molecule has 2 heteroatoms. The van der Waals surface area contributed by atoms with Gasteiger partial charge in [0.2, 0.25) is 0 Å². The maximum atomic E-state index is 5.51. The van der Waals surface area contributed by atoms with E-state index in [1.54, 1.807) is 0 Å². The molecule has 0 saturated heterocycles. The fourth-order valence-corrected chi connectivity index (χ4v) is 8.01. The molecule has 0 unspecified atom stereocenters. The van der Waals surface area contributed by atoms with E-state index < -0.39 is 0 Å². The first-order valence-corrected chi connectivity index (χ1v) is 16.6. The first-order chi connectivity index (χ1) is 22.2. The zero-order valence-electron chi connectivity index (χ0n) is 25.5. The van der Waals surface area contributed by atoms with Gasteiger partial charge in [-0.05, 0) is 87.3 Å². The quantitative estimate of drug-likeness (QED) is 0.134. The number of rotatable bonds is 6. The van der Waals surface area contributed by atoms with Crippen molar-refractivity contribution in [3.8, 4) is 0 Å². The number of fused-ring (bicyclic) bond motifs is 3. The van der Waals surface area contributed by atoms with Crippen LogP contribution in [0.15, 0.2) is 150 Å². The van der Waals surface area contributed by atoms with E-state index in [9.17, 15) is 0 Å². The van der Waals surface area contributed by atoms with E-state index in [2.05, 4.69) is 153 Å². The van der Waals surface area contributed by atoms with Crippen molar-refractivity contribution in [3.05, 3.63) is 162 Å². The molecule has 216 valence electrons. The van der Waals surface area contributed by atoms with Crippen molar-refractivity contribution >= 4 is 75.6 Å². The maximum absolute atomic E-state index is 5.51. The van der Waals surface area contributed by atoms with Gasteiger partial charge in [-0.3, -0.25) is 0 Å². The summed E-state index contributed by atoms with van der Waals surface area (Å²) in [7, 11) is 0. The molecule has 0 bridgehead atoms. The molecule has 0 amide bonds. The van der Waals surface area contributed by atoms with Crippen LogP contribution in [0.1, 0.15) is 36.5 Å². The van der Waals surface area contributed by atoms with Gasteiger partial charge < -0.3 is 0 Å². The summed E-state index contributed by atoms with van der Waals surface area (Å²) in [5.41, 5.74) is 9.35. The van der Waals surface area contributed by atoms with Crippen LogP contribution in [0.25, 0.3) is 52.9 Å². The van der Waals surface area contributed by atoms with E-state index in [0.29, 0.717) is 0 Å². The Morgan fingerprint density at radius 2 is 1.47 bits per heavy atom. The van der Waals surface area contributed by atoms with Crippen molar-refractivity contribution in [2.45, 2.75) is 26.7 Å². The number of aryl methyl sites for hydroxylation is 1. The van der Waals surface area contributed by atoms with Gasteiger partial charge in [0.15, 0.2) is 0 Å². The van der Waals surface area contributed by atoms with Crippen LogP contribution in [-0.4, -0.2) is 5.71 Å². The summed E-state index contributed by atoms with van der Waals surface area (Å²) in [4.78, 5) is 5.51. The van der Waals surface area contributed by atoms with Crippen molar-refractivity contribution in [2.75, 3.05) is 0 Å². The van der Waals surface area contributed by atoms with Crippen molar-refractivity contribution in [1.29, 1.82) is 0 Å². The Balaban J connectivity index is 1.40. The number of allylic oxidation sites excluding steroid dienone is 8.